The predicted octanol–water partition coefficient (Wildman–Crippen LogP) is 2.39. The van der Waals surface area contributed by atoms with Crippen molar-refractivity contribution in [3.8, 4) is 5.75 Å². The maximum atomic E-state index is 9.10. The first kappa shape index (κ1) is 22.4. The quantitative estimate of drug-likeness (QED) is 0.405. The summed E-state index contributed by atoms with van der Waals surface area (Å²) >= 11 is 3.39. The molecule has 0 aliphatic heterocycles. The fraction of sp³-hybridized carbons (Fsp3) is 0.500. The molecule has 3 N–H and O–H groups in total. The van der Waals surface area contributed by atoms with E-state index in [-0.39, 0.29) is 0 Å². The summed E-state index contributed by atoms with van der Waals surface area (Å²) in [6.45, 7) is 6.15. The minimum absolute atomic E-state index is 0.594. The van der Waals surface area contributed by atoms with Gasteiger partial charge in [0.15, 0.2) is 0 Å². The highest BCUT2D eigenvalue weighted by atomic mass is 79.9. The minimum Gasteiger partial charge on any atom is -0.491 e. The third-order valence-corrected chi connectivity index (χ3v) is 3.15. The maximum absolute atomic E-state index is 9.10. The van der Waals surface area contributed by atoms with Gasteiger partial charge in [0.25, 0.3) is 0 Å². The number of carboxylic acids is 2. The number of rotatable bonds is 10. The van der Waals surface area contributed by atoms with Crippen LogP contribution in [0, 0.1) is 0 Å². The largest absolute Gasteiger partial charge is 0.491 e. The number of carboxylic acid groups (broad SMARTS) is 2. The van der Waals surface area contributed by atoms with E-state index in [4.69, 9.17) is 29.3 Å². The average Bonchev–Trinajstić information content (AvgIpc) is 2.55. The van der Waals surface area contributed by atoms with Gasteiger partial charge in [-0.1, -0.05) is 29.3 Å². The lowest BCUT2D eigenvalue weighted by atomic mass is 10.3. The Bertz CT molecular complexity index is 454. The van der Waals surface area contributed by atoms with Crippen molar-refractivity contribution < 1.29 is 29.3 Å². The molecule has 24 heavy (non-hydrogen) atoms. The number of nitrogens with one attached hydrogen (secondary N) is 1. The van der Waals surface area contributed by atoms with E-state index in [1.165, 1.54) is 12.8 Å². The highest BCUT2D eigenvalue weighted by Crippen LogP contribution is 2.15. The molecule has 1 aromatic carbocycles. The molecule has 0 saturated heterocycles. The van der Waals surface area contributed by atoms with Crippen LogP contribution in [0.3, 0.4) is 0 Å². The number of hydrogen-bond donors (Lipinski definition) is 3. The van der Waals surface area contributed by atoms with Crippen LogP contribution in [-0.4, -0.2) is 55.1 Å². The summed E-state index contributed by atoms with van der Waals surface area (Å²) in [5.41, 5.74) is 0. The van der Waals surface area contributed by atoms with Crippen LogP contribution in [0.4, 0.5) is 0 Å². The maximum Gasteiger partial charge on any atom is 0.414 e. The smallest absolute Gasteiger partial charge is 0.414 e. The molecule has 0 fully saturated rings. The number of carbonyl (C=O) groups is 2. The Balaban J connectivity index is 0.000000754. The van der Waals surface area contributed by atoms with Crippen molar-refractivity contribution in [2.24, 2.45) is 0 Å². The molecule has 0 aromatic heterocycles. The number of unbranched alkanes of at least 4 members (excludes halogenated alkanes) is 1. The van der Waals surface area contributed by atoms with Gasteiger partial charge < -0.3 is 25.0 Å². The van der Waals surface area contributed by atoms with Crippen LogP contribution < -0.4 is 10.1 Å². The molecule has 0 heterocycles. The number of halogens is 1. The normalized spacial score (nSPS) is 9.75. The number of benzene rings is 1. The van der Waals surface area contributed by atoms with Gasteiger partial charge in [0.2, 0.25) is 0 Å². The molecular weight excluding hydrogens is 382 g/mol. The van der Waals surface area contributed by atoms with Gasteiger partial charge in [-0.2, -0.15) is 0 Å². The Morgan fingerprint density at radius 1 is 1.04 bits per heavy atom. The summed E-state index contributed by atoms with van der Waals surface area (Å²) in [4.78, 5) is 18.2. The van der Waals surface area contributed by atoms with Crippen LogP contribution in [0.15, 0.2) is 28.7 Å². The van der Waals surface area contributed by atoms with Crippen LogP contribution in [0.2, 0.25) is 0 Å². The summed E-state index contributed by atoms with van der Waals surface area (Å²) in [5, 5.41) is 18.1. The van der Waals surface area contributed by atoms with Gasteiger partial charge >= 0.3 is 11.9 Å². The molecule has 0 amide bonds. The molecule has 1 aromatic rings. The summed E-state index contributed by atoms with van der Waals surface area (Å²) in [5.74, 6) is -2.77. The molecule has 7 nitrogen and oxygen atoms in total. The van der Waals surface area contributed by atoms with Crippen molar-refractivity contribution in [2.45, 2.75) is 19.8 Å². The second kappa shape index (κ2) is 14.9. The van der Waals surface area contributed by atoms with E-state index in [0.29, 0.717) is 13.2 Å². The molecule has 0 unspecified atom stereocenters. The molecule has 0 spiro atoms. The first-order valence-electron chi connectivity index (χ1n) is 7.60. The third-order valence-electron chi connectivity index (χ3n) is 2.62. The fourth-order valence-electron chi connectivity index (χ4n) is 1.42. The Kier molecular flexibility index (Phi) is 13.9. The molecule has 0 aliphatic carbocycles. The zero-order chi connectivity index (χ0) is 18.2. The highest BCUT2D eigenvalue weighted by Gasteiger charge is 2.04. The molecule has 0 radical (unpaired) electrons. The van der Waals surface area contributed by atoms with E-state index in [1.54, 1.807) is 0 Å². The Morgan fingerprint density at radius 3 is 2.21 bits per heavy atom. The molecule has 0 saturated carbocycles. The lowest BCUT2D eigenvalue weighted by molar-refractivity contribution is -0.159. The molecule has 0 aliphatic rings. The highest BCUT2D eigenvalue weighted by molar-refractivity contribution is 9.10. The van der Waals surface area contributed by atoms with Gasteiger partial charge in [-0.15, -0.1) is 0 Å². The SMILES string of the molecule is CCCCNCCOCCOc1ccc(Br)cc1.O=C(O)C(=O)O. The van der Waals surface area contributed by atoms with Crippen molar-refractivity contribution in [1.29, 1.82) is 0 Å². The van der Waals surface area contributed by atoms with Gasteiger partial charge in [0.1, 0.15) is 12.4 Å². The van der Waals surface area contributed by atoms with Crippen LogP contribution in [0.5, 0.6) is 5.75 Å². The summed E-state index contributed by atoms with van der Waals surface area (Å²) in [6.07, 6.45) is 2.46. The van der Waals surface area contributed by atoms with Crippen LogP contribution in [-0.2, 0) is 14.3 Å². The lowest BCUT2D eigenvalue weighted by Gasteiger charge is -2.07. The lowest BCUT2D eigenvalue weighted by Crippen LogP contribution is -2.21. The number of aliphatic carboxylic acids is 2. The van der Waals surface area contributed by atoms with E-state index >= 15 is 0 Å². The fourth-order valence-corrected chi connectivity index (χ4v) is 1.69. The van der Waals surface area contributed by atoms with Gasteiger partial charge in [0.05, 0.1) is 13.2 Å². The van der Waals surface area contributed by atoms with E-state index in [9.17, 15) is 0 Å². The van der Waals surface area contributed by atoms with E-state index < -0.39 is 11.9 Å². The first-order chi connectivity index (χ1) is 11.5. The molecule has 1 rings (SSSR count). The van der Waals surface area contributed by atoms with Crippen molar-refractivity contribution >= 4 is 27.9 Å². The zero-order valence-electron chi connectivity index (χ0n) is 13.7. The van der Waals surface area contributed by atoms with Crippen molar-refractivity contribution in [2.75, 3.05) is 32.9 Å². The van der Waals surface area contributed by atoms with Crippen molar-refractivity contribution in [1.82, 2.24) is 5.32 Å². The Hall–Kier alpha value is -1.64. The van der Waals surface area contributed by atoms with Crippen LogP contribution >= 0.6 is 15.9 Å². The Morgan fingerprint density at radius 2 is 1.67 bits per heavy atom. The van der Waals surface area contributed by atoms with Crippen molar-refractivity contribution in [3.05, 3.63) is 28.7 Å². The summed E-state index contributed by atoms with van der Waals surface area (Å²) < 4.78 is 12.1. The first-order valence-corrected chi connectivity index (χ1v) is 8.39. The van der Waals surface area contributed by atoms with Gasteiger partial charge in [-0.05, 0) is 37.2 Å². The molecule has 0 atom stereocenters. The second-order valence-electron chi connectivity index (χ2n) is 4.63. The van der Waals surface area contributed by atoms with Crippen LogP contribution in [0.1, 0.15) is 19.8 Å². The molecule has 8 heteroatoms. The predicted molar refractivity (Wildman–Crippen MR) is 93.5 cm³/mol. The topological polar surface area (TPSA) is 105 Å². The van der Waals surface area contributed by atoms with E-state index in [2.05, 4.69) is 28.2 Å². The van der Waals surface area contributed by atoms with Gasteiger partial charge in [-0.25, -0.2) is 9.59 Å². The zero-order valence-corrected chi connectivity index (χ0v) is 15.3. The number of hydrogen-bond acceptors (Lipinski definition) is 5. The molecular formula is C16H24BrNO6. The van der Waals surface area contributed by atoms with Gasteiger partial charge in [0, 0.05) is 11.0 Å². The average molecular weight is 406 g/mol. The summed E-state index contributed by atoms with van der Waals surface area (Å²) in [7, 11) is 0. The van der Waals surface area contributed by atoms with E-state index in [1.807, 2.05) is 24.3 Å². The van der Waals surface area contributed by atoms with E-state index in [0.717, 1.165) is 29.9 Å². The minimum atomic E-state index is -1.82. The van der Waals surface area contributed by atoms with Gasteiger partial charge in [-0.3, -0.25) is 0 Å². The monoisotopic (exact) mass is 405 g/mol. The van der Waals surface area contributed by atoms with Crippen molar-refractivity contribution in [3.63, 3.8) is 0 Å². The number of ether oxygens (including phenoxy) is 2. The molecule has 0 bridgehead atoms. The molecule has 136 valence electrons. The third kappa shape index (κ3) is 14.0. The van der Waals surface area contributed by atoms with Crippen LogP contribution in [0.25, 0.3) is 0 Å². The second-order valence-corrected chi connectivity index (χ2v) is 5.54. The summed E-state index contributed by atoms with van der Waals surface area (Å²) in [6, 6.07) is 7.81. The standard InChI is InChI=1S/C14H22BrNO2.C2H2O4/c1-2-3-8-16-9-10-17-11-12-18-14-6-4-13(15)5-7-14;3-1(4)2(5)6/h4-7,16H,2-3,8-12H2,1H3;(H,3,4)(H,5,6). The Labute approximate surface area is 150 Å².